The van der Waals surface area contributed by atoms with E-state index in [1.54, 1.807) is 41.3 Å². The lowest BCUT2D eigenvalue weighted by molar-refractivity contribution is 0.0793. The van der Waals surface area contributed by atoms with Gasteiger partial charge in [-0.3, -0.25) is 14.2 Å². The maximum atomic E-state index is 14.0. The molecule has 5 rings (SSSR count). The number of carbonyl (C=O) groups is 1. The maximum Gasteiger partial charge on any atom is 0.266 e. The van der Waals surface area contributed by atoms with Gasteiger partial charge in [0.05, 0.1) is 16.6 Å². The number of benzene rings is 3. The molecule has 5 nitrogen and oxygen atoms in total. The topological polar surface area (TPSA) is 55.2 Å². The van der Waals surface area contributed by atoms with Gasteiger partial charge in [-0.05, 0) is 66.9 Å². The standard InChI is InChI=1S/C26H21F2N3O2S/c27-19-9-6-17(7-10-19)16-34-26-29-23-14-18(24(32)30-12-1-2-13-30)8-11-22(23)25(33)31(26)21-5-3-4-20(28)15-21/h3-11,14-15H,1-2,12-13,16H2. The number of fused-ring (bicyclic) bond motifs is 1. The molecule has 3 aromatic carbocycles. The molecule has 1 saturated heterocycles. The molecule has 1 aliphatic rings. The van der Waals surface area contributed by atoms with Gasteiger partial charge in [-0.15, -0.1) is 0 Å². The summed E-state index contributed by atoms with van der Waals surface area (Å²) in [5.74, 6) is -0.439. The van der Waals surface area contributed by atoms with Crippen molar-refractivity contribution >= 4 is 28.6 Å². The molecular weight excluding hydrogens is 456 g/mol. The summed E-state index contributed by atoms with van der Waals surface area (Å²) >= 11 is 1.29. The lowest BCUT2D eigenvalue weighted by Gasteiger charge is -2.16. The largest absolute Gasteiger partial charge is 0.339 e. The minimum absolute atomic E-state index is 0.0731. The van der Waals surface area contributed by atoms with Crippen LogP contribution >= 0.6 is 11.8 Å². The van der Waals surface area contributed by atoms with Gasteiger partial charge in [0.1, 0.15) is 11.6 Å². The van der Waals surface area contributed by atoms with Crippen molar-refractivity contribution in [1.82, 2.24) is 14.5 Å². The number of aromatic nitrogens is 2. The van der Waals surface area contributed by atoms with E-state index < -0.39 is 5.82 Å². The predicted molar refractivity (Wildman–Crippen MR) is 128 cm³/mol. The Morgan fingerprint density at radius 2 is 1.71 bits per heavy atom. The van der Waals surface area contributed by atoms with Crippen LogP contribution in [0.4, 0.5) is 8.78 Å². The Hall–Kier alpha value is -3.52. The Bertz CT molecular complexity index is 1430. The van der Waals surface area contributed by atoms with E-state index in [0.29, 0.717) is 33.1 Å². The Kier molecular flexibility index (Phi) is 6.15. The van der Waals surface area contributed by atoms with E-state index >= 15 is 0 Å². The van der Waals surface area contributed by atoms with Gasteiger partial charge in [-0.2, -0.15) is 0 Å². The summed E-state index contributed by atoms with van der Waals surface area (Å²) in [6.07, 6.45) is 1.97. The zero-order valence-electron chi connectivity index (χ0n) is 18.2. The highest BCUT2D eigenvalue weighted by Gasteiger charge is 2.21. The third-order valence-corrected chi connectivity index (χ3v) is 6.84. The third kappa shape index (κ3) is 4.46. The number of hydrogen-bond acceptors (Lipinski definition) is 4. The fraction of sp³-hybridized carbons (Fsp3) is 0.192. The average molecular weight is 478 g/mol. The molecule has 4 aromatic rings. The number of amides is 1. The second kappa shape index (κ2) is 9.38. The zero-order valence-corrected chi connectivity index (χ0v) is 19.0. The first-order chi connectivity index (χ1) is 16.5. The first kappa shape index (κ1) is 22.3. The Labute approximate surface area is 199 Å². The Morgan fingerprint density at radius 3 is 2.44 bits per heavy atom. The SMILES string of the molecule is O=C(c1ccc2c(=O)n(-c3cccc(F)c3)c(SCc3ccc(F)cc3)nc2c1)N1CCCC1. The number of rotatable bonds is 5. The van der Waals surface area contributed by atoms with E-state index in [-0.39, 0.29) is 17.3 Å². The lowest BCUT2D eigenvalue weighted by Crippen LogP contribution is -2.28. The molecule has 0 atom stereocenters. The summed E-state index contributed by atoms with van der Waals surface area (Å²) in [6.45, 7) is 1.45. The number of likely N-dealkylation sites (tertiary alicyclic amines) is 1. The molecule has 34 heavy (non-hydrogen) atoms. The fourth-order valence-electron chi connectivity index (χ4n) is 4.07. The minimum Gasteiger partial charge on any atom is -0.339 e. The predicted octanol–water partition coefficient (Wildman–Crippen LogP) is 5.19. The number of nitrogens with zero attached hydrogens (tertiary/aromatic N) is 3. The van der Waals surface area contributed by atoms with Crippen LogP contribution in [0.3, 0.4) is 0 Å². The van der Waals surface area contributed by atoms with Crippen LogP contribution < -0.4 is 5.56 Å². The molecule has 1 aliphatic heterocycles. The summed E-state index contributed by atoms with van der Waals surface area (Å²) in [6, 6.07) is 16.8. The van der Waals surface area contributed by atoms with E-state index in [2.05, 4.69) is 0 Å². The summed E-state index contributed by atoms with van der Waals surface area (Å²) in [5.41, 5.74) is 1.75. The van der Waals surface area contributed by atoms with Gasteiger partial charge in [-0.25, -0.2) is 13.8 Å². The number of carbonyl (C=O) groups excluding carboxylic acids is 1. The van der Waals surface area contributed by atoms with Crippen LogP contribution in [0.25, 0.3) is 16.6 Å². The van der Waals surface area contributed by atoms with E-state index in [9.17, 15) is 18.4 Å². The van der Waals surface area contributed by atoms with Crippen molar-refractivity contribution in [3.05, 3.63) is 99.8 Å². The molecule has 1 fully saturated rings. The summed E-state index contributed by atoms with van der Waals surface area (Å²) in [5, 5.41) is 0.701. The van der Waals surface area contributed by atoms with Crippen LogP contribution in [-0.2, 0) is 5.75 Å². The molecule has 0 N–H and O–H groups in total. The fourth-order valence-corrected chi connectivity index (χ4v) is 5.04. The third-order valence-electron chi connectivity index (χ3n) is 5.83. The second-order valence-electron chi connectivity index (χ2n) is 8.16. The van der Waals surface area contributed by atoms with Crippen LogP contribution in [0.5, 0.6) is 0 Å². The number of halogens is 2. The molecule has 8 heteroatoms. The minimum atomic E-state index is -0.467. The molecule has 2 heterocycles. The molecule has 0 radical (unpaired) electrons. The van der Waals surface area contributed by atoms with E-state index in [4.69, 9.17) is 4.98 Å². The van der Waals surface area contributed by atoms with Crippen LogP contribution in [0.1, 0.15) is 28.8 Å². The molecule has 0 spiro atoms. The second-order valence-corrected chi connectivity index (χ2v) is 9.10. The first-order valence-electron chi connectivity index (χ1n) is 11.0. The molecule has 172 valence electrons. The summed E-state index contributed by atoms with van der Waals surface area (Å²) in [7, 11) is 0. The van der Waals surface area contributed by atoms with Gasteiger partial charge in [0.2, 0.25) is 0 Å². The molecule has 0 bridgehead atoms. The number of thioether (sulfide) groups is 1. The molecule has 1 amide bonds. The smallest absolute Gasteiger partial charge is 0.266 e. The lowest BCUT2D eigenvalue weighted by atomic mass is 10.1. The highest BCUT2D eigenvalue weighted by Crippen LogP contribution is 2.26. The Morgan fingerprint density at radius 1 is 0.941 bits per heavy atom. The van der Waals surface area contributed by atoms with Crippen LogP contribution in [0.2, 0.25) is 0 Å². The monoisotopic (exact) mass is 477 g/mol. The van der Waals surface area contributed by atoms with Crippen LogP contribution in [-0.4, -0.2) is 33.4 Å². The van der Waals surface area contributed by atoms with Gasteiger partial charge < -0.3 is 4.90 Å². The van der Waals surface area contributed by atoms with E-state index in [1.165, 1.54) is 46.7 Å². The summed E-state index contributed by atoms with van der Waals surface area (Å²) in [4.78, 5) is 32.9. The molecule has 0 saturated carbocycles. The van der Waals surface area contributed by atoms with E-state index in [1.807, 2.05) is 0 Å². The molecule has 0 unspecified atom stereocenters. The maximum absolute atomic E-state index is 14.0. The highest BCUT2D eigenvalue weighted by atomic mass is 32.2. The van der Waals surface area contributed by atoms with Gasteiger partial charge in [0.25, 0.3) is 11.5 Å². The molecule has 0 aliphatic carbocycles. The van der Waals surface area contributed by atoms with Gasteiger partial charge in [0, 0.05) is 24.4 Å². The van der Waals surface area contributed by atoms with Crippen molar-refractivity contribution in [3.63, 3.8) is 0 Å². The van der Waals surface area contributed by atoms with Crippen LogP contribution in [0.15, 0.2) is 76.7 Å². The van der Waals surface area contributed by atoms with Crippen LogP contribution in [0, 0.1) is 11.6 Å². The van der Waals surface area contributed by atoms with Crippen molar-refractivity contribution in [2.75, 3.05) is 13.1 Å². The average Bonchev–Trinajstić information content (AvgIpc) is 3.38. The Balaban J connectivity index is 1.60. The van der Waals surface area contributed by atoms with E-state index in [0.717, 1.165) is 31.5 Å². The number of hydrogen-bond donors (Lipinski definition) is 0. The van der Waals surface area contributed by atoms with Crippen molar-refractivity contribution in [2.24, 2.45) is 0 Å². The molecular formula is C26H21F2N3O2S. The van der Waals surface area contributed by atoms with Gasteiger partial charge >= 0.3 is 0 Å². The van der Waals surface area contributed by atoms with Gasteiger partial charge in [0.15, 0.2) is 5.16 Å². The normalized spacial score (nSPS) is 13.5. The van der Waals surface area contributed by atoms with Crippen molar-refractivity contribution in [2.45, 2.75) is 23.8 Å². The quantitative estimate of drug-likeness (QED) is 0.293. The first-order valence-corrected chi connectivity index (χ1v) is 12.0. The van der Waals surface area contributed by atoms with Crippen molar-refractivity contribution in [3.8, 4) is 5.69 Å². The van der Waals surface area contributed by atoms with Crippen molar-refractivity contribution < 1.29 is 13.6 Å². The zero-order chi connectivity index (χ0) is 23.7. The van der Waals surface area contributed by atoms with Gasteiger partial charge in [-0.1, -0.05) is 30.0 Å². The van der Waals surface area contributed by atoms with Crippen molar-refractivity contribution in [1.29, 1.82) is 0 Å². The molecule has 1 aromatic heterocycles. The summed E-state index contributed by atoms with van der Waals surface area (Å²) < 4.78 is 28.6. The highest BCUT2D eigenvalue weighted by molar-refractivity contribution is 7.98.